The van der Waals surface area contributed by atoms with E-state index in [2.05, 4.69) is 10.1 Å². The molecule has 1 aromatic heterocycles. The summed E-state index contributed by atoms with van der Waals surface area (Å²) in [7, 11) is 0. The van der Waals surface area contributed by atoms with Gasteiger partial charge in [-0.3, -0.25) is 5.41 Å². The molecule has 0 atom stereocenters. The van der Waals surface area contributed by atoms with Crippen LogP contribution in [0.25, 0.3) is 11.3 Å². The summed E-state index contributed by atoms with van der Waals surface area (Å²) in [5, 5.41) is 12.0. The van der Waals surface area contributed by atoms with Gasteiger partial charge in [0.25, 0.3) is 0 Å². The third-order valence-corrected chi connectivity index (χ3v) is 3.63. The van der Waals surface area contributed by atoms with E-state index in [1.54, 1.807) is 16.9 Å². The van der Waals surface area contributed by atoms with Gasteiger partial charge in [0.15, 0.2) is 0 Å². The van der Waals surface area contributed by atoms with Gasteiger partial charge in [0.1, 0.15) is 5.84 Å². The molecule has 5 N–H and O–H groups in total. The van der Waals surface area contributed by atoms with Gasteiger partial charge in [0, 0.05) is 11.1 Å². The molecule has 0 saturated carbocycles. The van der Waals surface area contributed by atoms with Crippen molar-refractivity contribution >= 4 is 42.3 Å². The Morgan fingerprint density at radius 1 is 1.04 bits per heavy atom. The van der Waals surface area contributed by atoms with Crippen LogP contribution in [0.4, 0.5) is 5.95 Å². The number of halogens is 2. The quantitative estimate of drug-likeness (QED) is 0.468. The second-order valence-electron chi connectivity index (χ2n) is 5.37. The molecule has 0 amide bonds. The van der Waals surface area contributed by atoms with E-state index in [1.807, 2.05) is 55.5 Å². The number of nitrogen functional groups attached to an aromatic ring is 2. The van der Waals surface area contributed by atoms with E-state index in [4.69, 9.17) is 16.9 Å². The van der Waals surface area contributed by atoms with E-state index in [0.717, 1.165) is 22.5 Å². The smallest absolute Gasteiger partial charge is 0.221 e. The molecule has 3 rings (SSSR count). The maximum absolute atomic E-state index is 7.53. The first-order valence-corrected chi connectivity index (χ1v) is 7.45. The van der Waals surface area contributed by atoms with Gasteiger partial charge in [-0.25, -0.2) is 9.66 Å². The number of anilines is 1. The average Bonchev–Trinajstić information content (AvgIpc) is 2.96. The zero-order chi connectivity index (χ0) is 17.1. The predicted octanol–water partition coefficient (Wildman–Crippen LogP) is 3.53. The van der Waals surface area contributed by atoms with Crippen molar-refractivity contribution in [2.24, 2.45) is 10.8 Å². The molecule has 0 bridgehead atoms. The monoisotopic (exact) mass is 390 g/mol. The molecule has 0 fully saturated rings. The number of imidazole rings is 1. The van der Waals surface area contributed by atoms with E-state index in [1.165, 1.54) is 0 Å². The lowest BCUT2D eigenvalue weighted by molar-refractivity contribution is 0.890. The van der Waals surface area contributed by atoms with Crippen molar-refractivity contribution in [3.8, 4) is 11.3 Å². The molecule has 26 heavy (non-hydrogen) atoms. The maximum Gasteiger partial charge on any atom is 0.221 e. The highest BCUT2D eigenvalue weighted by molar-refractivity contribution is 6.02. The van der Waals surface area contributed by atoms with Gasteiger partial charge >= 0.3 is 0 Å². The summed E-state index contributed by atoms with van der Waals surface area (Å²) in [6.07, 6.45) is 1.79. The lowest BCUT2D eigenvalue weighted by Crippen LogP contribution is -2.12. The van der Waals surface area contributed by atoms with E-state index in [0.29, 0.717) is 11.5 Å². The van der Waals surface area contributed by atoms with Crippen molar-refractivity contribution in [1.82, 2.24) is 9.66 Å². The lowest BCUT2D eigenvalue weighted by Gasteiger charge is -2.04. The van der Waals surface area contributed by atoms with Crippen LogP contribution in [0.1, 0.15) is 18.1 Å². The van der Waals surface area contributed by atoms with E-state index in [9.17, 15) is 0 Å². The summed E-state index contributed by atoms with van der Waals surface area (Å²) in [6, 6.07) is 17.2. The van der Waals surface area contributed by atoms with Gasteiger partial charge in [-0.2, -0.15) is 5.10 Å². The zero-order valence-corrected chi connectivity index (χ0v) is 15.7. The fraction of sp³-hybridized carbons (Fsp3) is 0.0556. The molecule has 8 heteroatoms. The first-order chi connectivity index (χ1) is 11.5. The minimum Gasteiger partial charge on any atom is -0.384 e. The number of nitrogens with zero attached hydrogens (tertiary/aromatic N) is 3. The largest absolute Gasteiger partial charge is 0.384 e. The Labute approximate surface area is 164 Å². The van der Waals surface area contributed by atoms with Crippen molar-refractivity contribution in [3.05, 3.63) is 71.9 Å². The first kappa shape index (κ1) is 21.2. The Morgan fingerprint density at radius 2 is 1.69 bits per heavy atom. The number of nitrogens with two attached hydrogens (primary N) is 2. The van der Waals surface area contributed by atoms with Crippen molar-refractivity contribution in [2.75, 3.05) is 5.73 Å². The Hall–Kier alpha value is -2.83. The topological polar surface area (TPSA) is 106 Å². The molecule has 0 saturated heterocycles. The van der Waals surface area contributed by atoms with Crippen LogP contribution in [0, 0.1) is 5.41 Å². The van der Waals surface area contributed by atoms with Crippen LogP contribution in [0.15, 0.2) is 65.9 Å². The van der Waals surface area contributed by atoms with Crippen molar-refractivity contribution in [1.29, 1.82) is 5.41 Å². The lowest BCUT2D eigenvalue weighted by atomic mass is 10.1. The molecule has 3 aromatic rings. The zero-order valence-electron chi connectivity index (χ0n) is 14.1. The normalized spacial score (nSPS) is 10.6. The summed E-state index contributed by atoms with van der Waals surface area (Å²) in [5.41, 5.74) is 15.5. The number of benzene rings is 2. The van der Waals surface area contributed by atoms with E-state index < -0.39 is 0 Å². The average molecular weight is 391 g/mol. The third kappa shape index (κ3) is 4.62. The number of nitrogens with one attached hydrogen (secondary N) is 1. The van der Waals surface area contributed by atoms with E-state index >= 15 is 0 Å². The number of hydrogen-bond acceptors (Lipinski definition) is 4. The molecule has 0 unspecified atom stereocenters. The Morgan fingerprint density at radius 3 is 2.35 bits per heavy atom. The van der Waals surface area contributed by atoms with Crippen LogP contribution in [-0.2, 0) is 0 Å². The van der Waals surface area contributed by atoms with Gasteiger partial charge in [0.05, 0.1) is 17.6 Å². The number of amidine groups is 1. The number of hydrogen-bond donors (Lipinski definition) is 3. The fourth-order valence-electron chi connectivity index (χ4n) is 2.34. The summed E-state index contributed by atoms with van der Waals surface area (Å²) in [6.45, 7) is 1.88. The Kier molecular flexibility index (Phi) is 7.37. The van der Waals surface area contributed by atoms with Crippen molar-refractivity contribution < 1.29 is 0 Å². The summed E-state index contributed by atoms with van der Waals surface area (Å²) in [4.78, 5) is 4.35. The van der Waals surface area contributed by atoms with Crippen LogP contribution in [0.3, 0.4) is 0 Å². The van der Waals surface area contributed by atoms with Crippen LogP contribution in [-0.4, -0.2) is 21.2 Å². The molecule has 2 aromatic carbocycles. The predicted molar refractivity (Wildman–Crippen MR) is 112 cm³/mol. The second-order valence-corrected chi connectivity index (χ2v) is 5.37. The van der Waals surface area contributed by atoms with Gasteiger partial charge in [-0.1, -0.05) is 48.5 Å². The van der Waals surface area contributed by atoms with E-state index in [-0.39, 0.29) is 30.6 Å². The highest BCUT2D eigenvalue weighted by Crippen LogP contribution is 2.19. The Bertz CT molecular complexity index is 918. The van der Waals surface area contributed by atoms with Crippen molar-refractivity contribution in [3.63, 3.8) is 0 Å². The summed E-state index contributed by atoms with van der Waals surface area (Å²) in [5.74, 6) is 0.342. The maximum atomic E-state index is 7.53. The van der Waals surface area contributed by atoms with Crippen LogP contribution in [0.5, 0.6) is 0 Å². The van der Waals surface area contributed by atoms with Crippen LogP contribution >= 0.6 is 24.8 Å². The molecular formula is C18H20Cl2N6. The minimum absolute atomic E-state index is 0. The highest BCUT2D eigenvalue weighted by atomic mass is 35.5. The molecule has 0 aliphatic heterocycles. The SMILES string of the molecule is CC(=Nn1cc(-c2ccccc2)nc1N)c1cccc(C(=N)N)c1.Cl.Cl. The summed E-state index contributed by atoms with van der Waals surface area (Å²) < 4.78 is 1.55. The van der Waals surface area contributed by atoms with Gasteiger partial charge in [0.2, 0.25) is 5.95 Å². The molecule has 136 valence electrons. The molecule has 0 spiro atoms. The Balaban J connectivity index is 0.00000169. The molecule has 0 radical (unpaired) electrons. The third-order valence-electron chi connectivity index (χ3n) is 3.63. The van der Waals surface area contributed by atoms with Crippen LogP contribution in [0.2, 0.25) is 0 Å². The van der Waals surface area contributed by atoms with Gasteiger partial charge < -0.3 is 11.5 Å². The second kappa shape index (κ2) is 9.03. The van der Waals surface area contributed by atoms with Gasteiger partial charge in [-0.05, 0) is 18.6 Å². The highest BCUT2D eigenvalue weighted by Gasteiger charge is 2.07. The fourth-order valence-corrected chi connectivity index (χ4v) is 2.34. The standard InChI is InChI=1S/C18H18N6.2ClH/c1-12(14-8-5-9-15(10-14)17(19)20)23-24-11-16(22-18(24)21)13-6-3-2-4-7-13;;/h2-11H,1H3,(H3,19,20)(H2,21,22);2*1H. The van der Waals surface area contributed by atoms with Gasteiger partial charge in [-0.15, -0.1) is 24.8 Å². The molecular weight excluding hydrogens is 371 g/mol. The summed E-state index contributed by atoms with van der Waals surface area (Å²) >= 11 is 0. The van der Waals surface area contributed by atoms with Crippen LogP contribution < -0.4 is 11.5 Å². The molecule has 0 aliphatic carbocycles. The molecule has 6 nitrogen and oxygen atoms in total. The van der Waals surface area contributed by atoms with Crippen molar-refractivity contribution in [2.45, 2.75) is 6.92 Å². The number of aromatic nitrogens is 2. The molecule has 1 heterocycles. The first-order valence-electron chi connectivity index (χ1n) is 7.45. The number of rotatable bonds is 4. The molecule has 0 aliphatic rings. The minimum atomic E-state index is 0.